The first kappa shape index (κ1) is 14.9. The first-order valence-corrected chi connectivity index (χ1v) is 6.91. The van der Waals surface area contributed by atoms with Crippen LogP contribution in [0.5, 0.6) is 0 Å². The summed E-state index contributed by atoms with van der Waals surface area (Å²) in [6.07, 6.45) is 0. The maximum absolute atomic E-state index is 14.0. The summed E-state index contributed by atoms with van der Waals surface area (Å²) in [5.74, 6) is -0.274. The molecule has 0 fully saturated rings. The molecule has 2 rings (SSSR count). The quantitative estimate of drug-likeness (QED) is 0.776. The number of nitrogens with zero attached hydrogens (tertiary/aromatic N) is 4. The van der Waals surface area contributed by atoms with Gasteiger partial charge in [-0.1, -0.05) is 12.1 Å². The molecule has 2 aromatic rings. The summed E-state index contributed by atoms with van der Waals surface area (Å²) in [5, 5.41) is 14.9. The molecule has 108 valence electrons. The second kappa shape index (κ2) is 7.32. The minimum absolute atomic E-state index is 0.274. The van der Waals surface area contributed by atoms with Crippen LogP contribution in [0, 0.1) is 5.82 Å². The van der Waals surface area contributed by atoms with E-state index in [1.54, 1.807) is 20.2 Å². The fraction of sp³-hybridized carbons (Fsp3) is 0.417. The third-order valence-electron chi connectivity index (χ3n) is 2.62. The standard InChI is InChI=1S/C12H16FN5OS/c1-18-12(15-16-17-18)20-11-9(4-3-5-10(11)13)8-14-6-7-19-2/h3-5,14H,6-8H2,1-2H3. The number of halogens is 1. The van der Waals surface area contributed by atoms with E-state index in [2.05, 4.69) is 20.8 Å². The van der Waals surface area contributed by atoms with Crippen LogP contribution in [0.4, 0.5) is 4.39 Å². The molecule has 0 saturated carbocycles. The van der Waals surface area contributed by atoms with E-state index in [9.17, 15) is 4.39 Å². The van der Waals surface area contributed by atoms with Crippen molar-refractivity contribution in [1.82, 2.24) is 25.5 Å². The van der Waals surface area contributed by atoms with Crippen molar-refractivity contribution in [3.05, 3.63) is 29.6 Å². The predicted octanol–water partition coefficient (Wildman–Crippen LogP) is 1.24. The van der Waals surface area contributed by atoms with Crippen molar-refractivity contribution in [3.63, 3.8) is 0 Å². The summed E-state index contributed by atoms with van der Waals surface area (Å²) in [5.41, 5.74) is 0.870. The molecule has 0 saturated heterocycles. The molecule has 1 aromatic heterocycles. The Balaban J connectivity index is 2.12. The third-order valence-corrected chi connectivity index (χ3v) is 3.81. The van der Waals surface area contributed by atoms with Crippen LogP contribution in [-0.2, 0) is 18.3 Å². The highest BCUT2D eigenvalue weighted by molar-refractivity contribution is 7.99. The van der Waals surface area contributed by atoms with Crippen LogP contribution in [0.15, 0.2) is 28.3 Å². The highest BCUT2D eigenvalue weighted by atomic mass is 32.2. The topological polar surface area (TPSA) is 64.9 Å². The number of benzene rings is 1. The van der Waals surface area contributed by atoms with E-state index in [1.807, 2.05) is 6.07 Å². The Hall–Kier alpha value is -1.51. The van der Waals surface area contributed by atoms with Gasteiger partial charge in [-0.25, -0.2) is 9.07 Å². The van der Waals surface area contributed by atoms with Crippen molar-refractivity contribution in [2.45, 2.75) is 16.6 Å². The molecule has 0 bridgehead atoms. The Bertz CT molecular complexity index is 563. The van der Waals surface area contributed by atoms with Crippen molar-refractivity contribution in [2.75, 3.05) is 20.3 Å². The second-order valence-electron chi connectivity index (χ2n) is 4.08. The van der Waals surface area contributed by atoms with E-state index in [4.69, 9.17) is 4.74 Å². The van der Waals surface area contributed by atoms with Crippen LogP contribution in [0.2, 0.25) is 0 Å². The monoisotopic (exact) mass is 297 g/mol. The Morgan fingerprint density at radius 1 is 1.45 bits per heavy atom. The number of rotatable bonds is 7. The zero-order valence-electron chi connectivity index (χ0n) is 11.3. The molecule has 0 aliphatic heterocycles. The van der Waals surface area contributed by atoms with Gasteiger partial charge in [0.1, 0.15) is 5.82 Å². The van der Waals surface area contributed by atoms with Gasteiger partial charge in [-0.05, 0) is 33.8 Å². The van der Waals surface area contributed by atoms with Crippen LogP contribution in [0.3, 0.4) is 0 Å². The van der Waals surface area contributed by atoms with Gasteiger partial charge in [0.15, 0.2) is 0 Å². The van der Waals surface area contributed by atoms with E-state index in [1.165, 1.54) is 22.5 Å². The molecular weight excluding hydrogens is 281 g/mol. The Labute approximate surface area is 120 Å². The molecule has 0 unspecified atom stereocenters. The van der Waals surface area contributed by atoms with Crippen molar-refractivity contribution in [1.29, 1.82) is 0 Å². The number of methoxy groups -OCH3 is 1. The number of aromatic nitrogens is 4. The third kappa shape index (κ3) is 3.75. The van der Waals surface area contributed by atoms with Crippen molar-refractivity contribution in [3.8, 4) is 0 Å². The highest BCUT2D eigenvalue weighted by Crippen LogP contribution is 2.30. The molecule has 0 atom stereocenters. The molecule has 1 aromatic carbocycles. The van der Waals surface area contributed by atoms with Gasteiger partial charge in [0.2, 0.25) is 5.16 Å². The van der Waals surface area contributed by atoms with E-state index < -0.39 is 0 Å². The molecule has 0 radical (unpaired) electrons. The Morgan fingerprint density at radius 3 is 3.00 bits per heavy atom. The van der Waals surface area contributed by atoms with Gasteiger partial charge in [-0.15, -0.1) is 5.10 Å². The van der Waals surface area contributed by atoms with Gasteiger partial charge in [0.05, 0.1) is 11.5 Å². The molecular formula is C12H16FN5OS. The van der Waals surface area contributed by atoms with Crippen LogP contribution < -0.4 is 5.32 Å². The van der Waals surface area contributed by atoms with E-state index in [-0.39, 0.29) is 5.82 Å². The zero-order valence-corrected chi connectivity index (χ0v) is 12.2. The van der Waals surface area contributed by atoms with E-state index >= 15 is 0 Å². The fourth-order valence-corrected chi connectivity index (χ4v) is 2.47. The number of nitrogens with one attached hydrogen (secondary N) is 1. The largest absolute Gasteiger partial charge is 0.383 e. The van der Waals surface area contributed by atoms with Crippen molar-refractivity contribution >= 4 is 11.8 Å². The summed E-state index contributed by atoms with van der Waals surface area (Å²) in [6, 6.07) is 5.02. The van der Waals surface area contributed by atoms with Crippen LogP contribution in [-0.4, -0.2) is 40.5 Å². The first-order chi connectivity index (χ1) is 9.72. The summed E-state index contributed by atoms with van der Waals surface area (Å²) in [6.45, 7) is 1.89. The van der Waals surface area contributed by atoms with E-state index in [0.717, 1.165) is 5.56 Å². The SMILES string of the molecule is COCCNCc1cccc(F)c1Sc1nnnn1C. The Morgan fingerprint density at radius 2 is 2.30 bits per heavy atom. The molecule has 0 aliphatic carbocycles. The second-order valence-corrected chi connectivity index (χ2v) is 5.06. The molecule has 0 spiro atoms. The van der Waals surface area contributed by atoms with Crippen molar-refractivity contribution in [2.24, 2.45) is 7.05 Å². The lowest BCUT2D eigenvalue weighted by Gasteiger charge is -2.10. The molecule has 20 heavy (non-hydrogen) atoms. The summed E-state index contributed by atoms with van der Waals surface area (Å²) in [4.78, 5) is 0.537. The lowest BCUT2D eigenvalue weighted by molar-refractivity contribution is 0.199. The molecule has 1 N–H and O–H groups in total. The fourth-order valence-electron chi connectivity index (χ4n) is 1.60. The summed E-state index contributed by atoms with van der Waals surface area (Å²) < 4.78 is 20.5. The number of ether oxygens (including phenoxy) is 1. The zero-order chi connectivity index (χ0) is 14.4. The minimum Gasteiger partial charge on any atom is -0.383 e. The van der Waals surface area contributed by atoms with Gasteiger partial charge in [0.25, 0.3) is 0 Å². The number of aryl methyl sites for hydroxylation is 1. The smallest absolute Gasteiger partial charge is 0.213 e. The maximum atomic E-state index is 14.0. The molecule has 8 heteroatoms. The van der Waals surface area contributed by atoms with Gasteiger partial charge < -0.3 is 10.1 Å². The van der Waals surface area contributed by atoms with Gasteiger partial charge >= 0.3 is 0 Å². The molecule has 0 aliphatic rings. The highest BCUT2D eigenvalue weighted by Gasteiger charge is 2.13. The predicted molar refractivity (Wildman–Crippen MR) is 72.9 cm³/mol. The molecule has 0 amide bonds. The summed E-state index contributed by atoms with van der Waals surface area (Å²) in [7, 11) is 3.37. The average Bonchev–Trinajstić information content (AvgIpc) is 2.84. The first-order valence-electron chi connectivity index (χ1n) is 6.09. The van der Waals surface area contributed by atoms with Crippen LogP contribution in [0.25, 0.3) is 0 Å². The molecule has 1 heterocycles. The normalized spacial score (nSPS) is 10.9. The van der Waals surface area contributed by atoms with Crippen molar-refractivity contribution < 1.29 is 9.13 Å². The number of hydrogen-bond donors (Lipinski definition) is 1. The van der Waals surface area contributed by atoms with Gasteiger partial charge in [0, 0.05) is 27.2 Å². The van der Waals surface area contributed by atoms with Crippen LogP contribution >= 0.6 is 11.8 Å². The molecule has 6 nitrogen and oxygen atoms in total. The summed E-state index contributed by atoms with van der Waals surface area (Å²) >= 11 is 1.22. The van der Waals surface area contributed by atoms with Gasteiger partial charge in [-0.2, -0.15) is 0 Å². The number of hydrogen-bond acceptors (Lipinski definition) is 6. The average molecular weight is 297 g/mol. The van der Waals surface area contributed by atoms with Gasteiger partial charge in [-0.3, -0.25) is 0 Å². The van der Waals surface area contributed by atoms with E-state index in [0.29, 0.717) is 29.7 Å². The van der Waals surface area contributed by atoms with Crippen LogP contribution in [0.1, 0.15) is 5.56 Å². The Kier molecular flexibility index (Phi) is 5.45. The maximum Gasteiger partial charge on any atom is 0.213 e. The minimum atomic E-state index is -0.274. The lowest BCUT2D eigenvalue weighted by atomic mass is 10.2. The number of tetrazole rings is 1. The lowest BCUT2D eigenvalue weighted by Crippen LogP contribution is -2.19.